The second kappa shape index (κ2) is 15.8. The zero-order chi connectivity index (χ0) is 34.7. The molecule has 0 amide bonds. The van der Waals surface area contributed by atoms with E-state index in [0.29, 0.717) is 11.5 Å². The molecule has 0 saturated carbocycles. The van der Waals surface area contributed by atoms with Gasteiger partial charge >= 0.3 is 18.5 Å². The van der Waals surface area contributed by atoms with E-state index in [-0.39, 0.29) is 10.8 Å². The second-order valence-electron chi connectivity index (χ2n) is 15.2. The molecule has 0 saturated heterocycles. The monoisotopic (exact) mass is 618 g/mol. The fraction of sp³-hybridized carbons (Fsp3) is 0.571. The molecule has 0 aliphatic rings. The van der Waals surface area contributed by atoms with Crippen molar-refractivity contribution in [3.8, 4) is 11.5 Å². The van der Waals surface area contributed by atoms with Crippen LogP contribution in [0.15, 0.2) is 48.5 Å². The molecular weight excluding hydrogens is 564 g/mol. The van der Waals surface area contributed by atoms with E-state index in [9.17, 15) is 14.4 Å². The average molecular weight is 619 g/mol. The molecule has 0 spiro atoms. The van der Waals surface area contributed by atoms with Crippen molar-refractivity contribution < 1.29 is 43.2 Å². The molecule has 0 fully saturated rings. The quantitative estimate of drug-likeness (QED) is 0.144. The molecule has 2 aromatic carbocycles. The van der Waals surface area contributed by atoms with Crippen LogP contribution in [0, 0.1) is 0 Å². The highest BCUT2D eigenvalue weighted by Gasteiger charge is 2.24. The third-order valence-electron chi connectivity index (χ3n) is 4.99. The number of rotatable bonds is 1. The number of hydrogen-bond acceptors (Lipinski definition) is 9. The summed E-state index contributed by atoms with van der Waals surface area (Å²) < 4.78 is 24.0. The van der Waals surface area contributed by atoms with Crippen molar-refractivity contribution in [2.24, 2.45) is 0 Å². The van der Waals surface area contributed by atoms with Crippen LogP contribution in [0.1, 0.15) is 115 Å². The van der Waals surface area contributed by atoms with Crippen LogP contribution in [0.5, 0.6) is 11.5 Å². The molecule has 0 atom stereocenters. The number of ether oxygens (including phenoxy) is 5. The number of hydrogen-bond donors (Lipinski definition) is 1. The maximum atomic E-state index is 11.5. The highest BCUT2D eigenvalue weighted by molar-refractivity contribution is 5.77. The van der Waals surface area contributed by atoms with Gasteiger partial charge in [-0.25, -0.2) is 14.4 Å². The fourth-order valence-electron chi connectivity index (χ4n) is 2.96. The Balaban J connectivity index is 0.000000649. The van der Waals surface area contributed by atoms with Gasteiger partial charge in [-0.2, -0.15) is 0 Å². The van der Waals surface area contributed by atoms with Gasteiger partial charge in [-0.3, -0.25) is 0 Å². The van der Waals surface area contributed by atoms with E-state index < -0.39 is 35.3 Å². The zero-order valence-corrected chi connectivity index (χ0v) is 29.3. The predicted octanol–water partition coefficient (Wildman–Crippen LogP) is 9.86. The van der Waals surface area contributed by atoms with Crippen LogP contribution in [0.2, 0.25) is 0 Å². The molecule has 0 radical (unpaired) electrons. The van der Waals surface area contributed by atoms with Crippen LogP contribution in [0.25, 0.3) is 0 Å². The summed E-state index contributed by atoms with van der Waals surface area (Å²) in [4.78, 5) is 33.5. The third-order valence-corrected chi connectivity index (χ3v) is 4.99. The maximum Gasteiger partial charge on any atom is 0.519 e. The van der Waals surface area contributed by atoms with E-state index >= 15 is 0 Å². The number of aromatic hydroxyl groups is 1. The first-order valence-electron chi connectivity index (χ1n) is 14.5. The van der Waals surface area contributed by atoms with Gasteiger partial charge in [-0.15, -0.1) is 0 Å². The van der Waals surface area contributed by atoms with Gasteiger partial charge in [0.15, 0.2) is 0 Å². The molecule has 2 aromatic rings. The zero-order valence-electron chi connectivity index (χ0n) is 29.3. The standard InChI is InChI=1S/C15H22O3.C10H18O5.C10H14O/c1-14(2,3)11-7-9-12(10-8-11)17-13(16)18-15(4,5)6;1-9(2,3)14-7(11)13-8(12)15-10(4,5)6;1-10(2,3)8-4-6-9(11)7-5-8/h7-10H,1-6H3;1-6H3;4-7,11H,1-3H3. The average Bonchev–Trinajstić information content (AvgIpc) is 2.75. The van der Waals surface area contributed by atoms with Gasteiger partial charge < -0.3 is 28.8 Å². The molecule has 0 heterocycles. The highest BCUT2D eigenvalue weighted by atomic mass is 16.8. The van der Waals surface area contributed by atoms with Gasteiger partial charge in [0, 0.05) is 0 Å². The van der Waals surface area contributed by atoms with Crippen LogP contribution in [-0.2, 0) is 29.8 Å². The van der Waals surface area contributed by atoms with E-state index in [0.717, 1.165) is 0 Å². The Morgan fingerprint density at radius 2 is 0.773 bits per heavy atom. The lowest BCUT2D eigenvalue weighted by Crippen LogP contribution is -2.29. The minimum atomic E-state index is -1.06. The minimum absolute atomic E-state index is 0.0877. The van der Waals surface area contributed by atoms with Crippen molar-refractivity contribution in [3.05, 3.63) is 59.7 Å². The predicted molar refractivity (Wildman–Crippen MR) is 172 cm³/mol. The summed E-state index contributed by atoms with van der Waals surface area (Å²) in [5.41, 5.74) is 0.771. The first-order valence-corrected chi connectivity index (χ1v) is 14.5. The van der Waals surface area contributed by atoms with Gasteiger partial charge in [-0.1, -0.05) is 65.8 Å². The first-order chi connectivity index (χ1) is 19.6. The SMILES string of the molecule is CC(C)(C)OC(=O)OC(=O)OC(C)(C)C.CC(C)(C)OC(=O)Oc1ccc(C(C)(C)C)cc1.CC(C)(C)c1ccc(O)cc1. The molecule has 0 unspecified atom stereocenters. The Kier molecular flexibility index (Phi) is 14.5. The highest BCUT2D eigenvalue weighted by Crippen LogP contribution is 2.25. The number of carbonyl (C=O) groups excluding carboxylic acids is 3. The van der Waals surface area contributed by atoms with Gasteiger partial charge in [-0.05, 0) is 109 Å². The van der Waals surface area contributed by atoms with Crippen molar-refractivity contribution in [2.45, 2.75) is 131 Å². The van der Waals surface area contributed by atoms with Crippen LogP contribution in [0.3, 0.4) is 0 Å². The number of benzene rings is 2. The lowest BCUT2D eigenvalue weighted by Gasteiger charge is -2.20. The fourth-order valence-corrected chi connectivity index (χ4v) is 2.96. The van der Waals surface area contributed by atoms with Crippen molar-refractivity contribution >= 4 is 18.5 Å². The third kappa shape index (κ3) is 20.2. The normalized spacial score (nSPS) is 11.9. The molecule has 2 rings (SSSR count). The van der Waals surface area contributed by atoms with Gasteiger partial charge in [0.05, 0.1) is 0 Å². The Morgan fingerprint density at radius 3 is 1.07 bits per heavy atom. The van der Waals surface area contributed by atoms with Crippen molar-refractivity contribution in [2.75, 3.05) is 0 Å². The molecule has 0 bridgehead atoms. The molecule has 1 N–H and O–H groups in total. The summed E-state index contributed by atoms with van der Waals surface area (Å²) >= 11 is 0. The van der Waals surface area contributed by atoms with E-state index in [4.69, 9.17) is 24.1 Å². The molecule has 44 heavy (non-hydrogen) atoms. The summed E-state index contributed by atoms with van der Waals surface area (Å²) in [7, 11) is 0. The van der Waals surface area contributed by atoms with Crippen molar-refractivity contribution in [1.29, 1.82) is 0 Å². The summed E-state index contributed by atoms with van der Waals surface area (Å²) in [6.07, 6.45) is -2.79. The molecule has 248 valence electrons. The largest absolute Gasteiger partial charge is 0.519 e. The molecule has 9 nitrogen and oxygen atoms in total. The number of phenols is 1. The lowest BCUT2D eigenvalue weighted by molar-refractivity contribution is -0.0294. The van der Waals surface area contributed by atoms with Gasteiger partial charge in [0.1, 0.15) is 28.3 Å². The van der Waals surface area contributed by atoms with E-state index in [1.54, 1.807) is 86.6 Å². The van der Waals surface area contributed by atoms with E-state index in [2.05, 4.69) is 46.3 Å². The van der Waals surface area contributed by atoms with Gasteiger partial charge in [0.25, 0.3) is 0 Å². The molecule has 0 aliphatic carbocycles. The van der Waals surface area contributed by atoms with Crippen molar-refractivity contribution in [1.82, 2.24) is 0 Å². The second-order valence-corrected chi connectivity index (χ2v) is 15.2. The molecular formula is C35H54O9. The Hall–Kier alpha value is -3.75. The summed E-state index contributed by atoms with van der Waals surface area (Å²) in [5, 5.41) is 9.02. The topological polar surface area (TPSA) is 118 Å². The molecule has 0 aromatic heterocycles. The van der Waals surface area contributed by atoms with E-state index in [1.807, 2.05) is 24.3 Å². The van der Waals surface area contributed by atoms with Gasteiger partial charge in [0.2, 0.25) is 0 Å². The maximum absolute atomic E-state index is 11.5. The lowest BCUT2D eigenvalue weighted by atomic mass is 9.87. The van der Waals surface area contributed by atoms with E-state index in [1.165, 1.54) is 11.1 Å². The molecule has 9 heteroatoms. The van der Waals surface area contributed by atoms with Crippen LogP contribution in [-0.4, -0.2) is 40.4 Å². The number of phenolic OH excluding ortho intramolecular Hbond substituents is 1. The summed E-state index contributed by atoms with van der Waals surface area (Å²) in [5.74, 6) is 0.829. The van der Waals surface area contributed by atoms with Crippen LogP contribution >= 0.6 is 0 Å². The smallest absolute Gasteiger partial charge is 0.508 e. The Labute approximate surface area is 264 Å². The van der Waals surface area contributed by atoms with Crippen LogP contribution < -0.4 is 4.74 Å². The Morgan fingerprint density at radius 1 is 0.477 bits per heavy atom. The first kappa shape index (κ1) is 40.2. The number of carbonyl (C=O) groups is 3. The van der Waals surface area contributed by atoms with Crippen LogP contribution in [0.4, 0.5) is 14.4 Å². The summed E-state index contributed by atoms with van der Waals surface area (Å²) in [6.45, 7) is 28.3. The molecule has 0 aliphatic heterocycles. The summed E-state index contributed by atoms with van der Waals surface area (Å²) in [6, 6.07) is 14.8. The Bertz CT molecular complexity index is 1150. The van der Waals surface area contributed by atoms with Crippen molar-refractivity contribution in [3.63, 3.8) is 0 Å². The minimum Gasteiger partial charge on any atom is -0.508 e.